The highest BCUT2D eigenvalue weighted by atomic mass is 32.1. The zero-order valence-electron chi connectivity index (χ0n) is 3.51. The van der Waals surface area contributed by atoms with Crippen LogP contribution in [0.15, 0.2) is 0 Å². The first kappa shape index (κ1) is 6.31. The van der Waals surface area contributed by atoms with E-state index >= 15 is 0 Å². The van der Waals surface area contributed by atoms with Crippen LogP contribution < -0.4 is 4.72 Å². The van der Waals surface area contributed by atoms with E-state index in [0.29, 0.717) is 0 Å². The van der Waals surface area contributed by atoms with Gasteiger partial charge in [0.1, 0.15) is 6.42 Å². The number of rotatable bonds is 1. The summed E-state index contributed by atoms with van der Waals surface area (Å²) in [4.78, 5) is 10.0. The quantitative estimate of drug-likeness (QED) is 0.468. The van der Waals surface area contributed by atoms with E-state index in [4.69, 9.17) is 5.26 Å². The fourth-order valence-electron chi connectivity index (χ4n) is 0.111. The fourth-order valence-corrected chi connectivity index (χ4v) is 0.190. The standard InChI is InChI=1S/C3H4N2OS/c4-2-1-3(6)5-7/h7H,1H2,(H,5,6). The van der Waals surface area contributed by atoms with Crippen LogP contribution in [0, 0.1) is 11.3 Å². The van der Waals surface area contributed by atoms with Gasteiger partial charge >= 0.3 is 0 Å². The lowest BCUT2D eigenvalue weighted by Crippen LogP contribution is -2.09. The first-order chi connectivity index (χ1) is 3.31. The van der Waals surface area contributed by atoms with E-state index in [9.17, 15) is 4.79 Å². The summed E-state index contributed by atoms with van der Waals surface area (Å²) in [6, 6.07) is 1.66. The largest absolute Gasteiger partial charge is 0.302 e. The number of nitriles is 1. The minimum absolute atomic E-state index is 0.122. The number of nitrogens with one attached hydrogen (secondary N) is 1. The molecule has 0 rings (SSSR count). The smallest absolute Gasteiger partial charge is 0.243 e. The lowest BCUT2D eigenvalue weighted by molar-refractivity contribution is -0.118. The maximum Gasteiger partial charge on any atom is 0.243 e. The Morgan fingerprint density at radius 2 is 2.57 bits per heavy atom. The Bertz CT molecular complexity index is 106. The summed E-state index contributed by atoms with van der Waals surface area (Å²) in [7, 11) is 0. The Morgan fingerprint density at radius 3 is 2.71 bits per heavy atom. The number of hydrogen-bond donors (Lipinski definition) is 2. The second kappa shape index (κ2) is 3.50. The van der Waals surface area contributed by atoms with Crippen molar-refractivity contribution in [1.29, 1.82) is 5.26 Å². The van der Waals surface area contributed by atoms with E-state index in [-0.39, 0.29) is 12.3 Å². The number of amides is 1. The Hall–Kier alpha value is -0.690. The average Bonchev–Trinajstić information content (AvgIpc) is 1.68. The number of carbonyl (C=O) groups is 1. The third-order valence-corrected chi connectivity index (χ3v) is 0.614. The zero-order chi connectivity index (χ0) is 5.70. The van der Waals surface area contributed by atoms with Crippen LogP contribution in [-0.2, 0) is 4.79 Å². The van der Waals surface area contributed by atoms with Crippen molar-refractivity contribution in [3.63, 3.8) is 0 Å². The minimum Gasteiger partial charge on any atom is -0.302 e. The maximum absolute atomic E-state index is 10.0. The highest BCUT2D eigenvalue weighted by molar-refractivity contribution is 7.78. The van der Waals surface area contributed by atoms with E-state index in [1.807, 2.05) is 4.72 Å². The maximum atomic E-state index is 10.0. The molecule has 0 aliphatic heterocycles. The molecule has 38 valence electrons. The third kappa shape index (κ3) is 3.13. The lowest BCUT2D eigenvalue weighted by Gasteiger charge is -1.84. The van der Waals surface area contributed by atoms with Gasteiger partial charge in [-0.3, -0.25) is 4.79 Å². The molecule has 3 nitrogen and oxygen atoms in total. The van der Waals surface area contributed by atoms with Crippen LogP contribution in [0.1, 0.15) is 6.42 Å². The molecule has 0 aromatic carbocycles. The molecule has 0 aromatic heterocycles. The lowest BCUT2D eigenvalue weighted by atomic mass is 10.5. The van der Waals surface area contributed by atoms with Crippen molar-refractivity contribution in [2.24, 2.45) is 0 Å². The fraction of sp³-hybridized carbons (Fsp3) is 0.333. The van der Waals surface area contributed by atoms with Crippen molar-refractivity contribution in [1.82, 2.24) is 4.72 Å². The molecule has 1 N–H and O–H groups in total. The van der Waals surface area contributed by atoms with E-state index in [2.05, 4.69) is 12.8 Å². The van der Waals surface area contributed by atoms with Crippen molar-refractivity contribution in [2.45, 2.75) is 6.42 Å². The van der Waals surface area contributed by atoms with Crippen LogP contribution >= 0.6 is 12.8 Å². The van der Waals surface area contributed by atoms with E-state index in [1.165, 1.54) is 0 Å². The third-order valence-electron chi connectivity index (χ3n) is 0.364. The Labute approximate surface area is 46.9 Å². The van der Waals surface area contributed by atoms with Gasteiger partial charge in [0.2, 0.25) is 5.91 Å². The van der Waals surface area contributed by atoms with E-state index in [1.54, 1.807) is 6.07 Å². The monoisotopic (exact) mass is 116 g/mol. The van der Waals surface area contributed by atoms with Gasteiger partial charge in [0.25, 0.3) is 0 Å². The highest BCUT2D eigenvalue weighted by Crippen LogP contribution is 1.73. The van der Waals surface area contributed by atoms with Gasteiger partial charge in [-0.15, -0.1) is 0 Å². The summed E-state index contributed by atoms with van der Waals surface area (Å²) < 4.78 is 2.00. The van der Waals surface area contributed by atoms with Crippen molar-refractivity contribution >= 4 is 18.7 Å². The van der Waals surface area contributed by atoms with Crippen LogP contribution in [0.2, 0.25) is 0 Å². The van der Waals surface area contributed by atoms with Gasteiger partial charge < -0.3 is 4.72 Å². The second-order valence-corrected chi connectivity index (χ2v) is 1.09. The molecular weight excluding hydrogens is 112 g/mol. The molecule has 0 aromatic rings. The molecule has 0 aliphatic carbocycles. The normalized spacial score (nSPS) is 6.86. The summed E-state index contributed by atoms with van der Waals surface area (Å²) in [5, 5.41) is 7.82. The molecule has 0 spiro atoms. The van der Waals surface area contributed by atoms with Crippen LogP contribution in [0.3, 0.4) is 0 Å². The molecule has 0 fully saturated rings. The van der Waals surface area contributed by atoms with Gasteiger partial charge in [-0.25, -0.2) is 0 Å². The van der Waals surface area contributed by atoms with Crippen LogP contribution in [0.5, 0.6) is 0 Å². The van der Waals surface area contributed by atoms with Gasteiger partial charge in [-0.05, 0) is 0 Å². The van der Waals surface area contributed by atoms with Gasteiger partial charge in [0.15, 0.2) is 0 Å². The van der Waals surface area contributed by atoms with Gasteiger partial charge in [0.05, 0.1) is 6.07 Å². The molecule has 0 saturated heterocycles. The topological polar surface area (TPSA) is 52.9 Å². The van der Waals surface area contributed by atoms with Crippen LogP contribution in [-0.4, -0.2) is 5.91 Å². The predicted octanol–water partition coefficient (Wildman–Crippen LogP) is -0.139. The van der Waals surface area contributed by atoms with Crippen molar-refractivity contribution < 1.29 is 4.79 Å². The Kier molecular flexibility index (Phi) is 3.15. The van der Waals surface area contributed by atoms with Crippen molar-refractivity contribution in [2.75, 3.05) is 0 Å². The van der Waals surface area contributed by atoms with Gasteiger partial charge in [0, 0.05) is 0 Å². The van der Waals surface area contributed by atoms with Gasteiger partial charge in [-0.2, -0.15) is 5.26 Å². The molecule has 0 bridgehead atoms. The molecule has 7 heavy (non-hydrogen) atoms. The molecule has 0 saturated carbocycles. The van der Waals surface area contributed by atoms with Crippen molar-refractivity contribution in [3.05, 3.63) is 0 Å². The predicted molar refractivity (Wildman–Crippen MR) is 27.4 cm³/mol. The highest BCUT2D eigenvalue weighted by Gasteiger charge is 1.91. The second-order valence-electron chi connectivity index (χ2n) is 0.870. The number of hydrogen-bond acceptors (Lipinski definition) is 3. The molecule has 0 heterocycles. The van der Waals surface area contributed by atoms with Crippen LogP contribution in [0.4, 0.5) is 0 Å². The first-order valence-electron chi connectivity index (χ1n) is 1.61. The molecule has 0 radical (unpaired) electrons. The van der Waals surface area contributed by atoms with E-state index in [0.717, 1.165) is 0 Å². The van der Waals surface area contributed by atoms with Gasteiger partial charge in [-0.1, -0.05) is 12.8 Å². The summed E-state index contributed by atoms with van der Waals surface area (Å²) in [5.41, 5.74) is 0. The Balaban J connectivity index is 3.23. The average molecular weight is 116 g/mol. The number of carbonyl (C=O) groups excluding carboxylic acids is 1. The Morgan fingerprint density at radius 1 is 2.00 bits per heavy atom. The number of nitrogens with zero attached hydrogens (tertiary/aromatic N) is 1. The molecule has 1 amide bonds. The minimum atomic E-state index is -0.370. The van der Waals surface area contributed by atoms with Crippen molar-refractivity contribution in [3.8, 4) is 6.07 Å². The summed E-state index contributed by atoms with van der Waals surface area (Å²) in [6.07, 6.45) is -0.122. The zero-order valence-corrected chi connectivity index (χ0v) is 4.40. The van der Waals surface area contributed by atoms with Crippen LogP contribution in [0.25, 0.3) is 0 Å². The molecule has 0 aliphatic rings. The molecular formula is C3H4N2OS. The molecule has 0 unspecified atom stereocenters. The van der Waals surface area contributed by atoms with E-state index < -0.39 is 0 Å². The SMILES string of the molecule is N#CCC(=O)NS. The molecule has 0 atom stereocenters. The number of thiol groups is 1. The summed E-state index contributed by atoms with van der Waals surface area (Å²) in [6.45, 7) is 0. The molecule has 4 heteroatoms. The summed E-state index contributed by atoms with van der Waals surface area (Å²) in [5.74, 6) is -0.370. The first-order valence-corrected chi connectivity index (χ1v) is 2.06. The summed E-state index contributed by atoms with van der Waals surface area (Å²) >= 11 is 3.40.